The topological polar surface area (TPSA) is 100 Å². The first kappa shape index (κ1) is 19.4. The third-order valence-corrected chi connectivity index (χ3v) is 4.21. The molecule has 8 heteroatoms. The molecule has 1 aromatic heterocycles. The van der Waals surface area contributed by atoms with Crippen LogP contribution in [0.25, 0.3) is 22.0 Å². The van der Waals surface area contributed by atoms with Crippen LogP contribution in [0.3, 0.4) is 0 Å². The largest absolute Gasteiger partial charge is 0.466 e. The van der Waals surface area contributed by atoms with Gasteiger partial charge < -0.3 is 9.72 Å². The molecule has 0 aliphatic heterocycles. The van der Waals surface area contributed by atoms with Crippen LogP contribution in [-0.2, 0) is 14.3 Å². The van der Waals surface area contributed by atoms with Crippen LogP contribution in [0.15, 0.2) is 48.5 Å². The maximum Gasteiger partial charge on any atom is 0.315 e. The molecule has 2 aromatic carbocycles. The smallest absolute Gasteiger partial charge is 0.315 e. The van der Waals surface area contributed by atoms with Gasteiger partial charge in [0.25, 0.3) is 5.91 Å². The Morgan fingerprint density at radius 1 is 1.07 bits per heavy atom. The molecule has 7 nitrogen and oxygen atoms in total. The summed E-state index contributed by atoms with van der Waals surface area (Å²) in [6, 6.07) is 14.6. The van der Waals surface area contributed by atoms with Gasteiger partial charge in [-0.2, -0.15) is 0 Å². The van der Waals surface area contributed by atoms with Crippen LogP contribution in [0, 0.1) is 0 Å². The normalized spacial score (nSPS) is 10.5. The number of aromatic amines is 1. The number of carbonyl (C=O) groups is 3. The van der Waals surface area contributed by atoms with Crippen LogP contribution in [0.4, 0.5) is 0 Å². The number of hydrogen-bond donors (Lipinski definition) is 3. The average Bonchev–Trinajstić information content (AvgIpc) is 3.05. The predicted octanol–water partition coefficient (Wildman–Crippen LogP) is 3.20. The highest BCUT2D eigenvalue weighted by Gasteiger charge is 2.20. The summed E-state index contributed by atoms with van der Waals surface area (Å²) in [5.74, 6) is -1.89. The Balaban J connectivity index is 1.87. The van der Waals surface area contributed by atoms with Crippen LogP contribution in [-0.4, -0.2) is 29.4 Å². The molecule has 0 aliphatic carbocycles. The monoisotopic (exact) mass is 399 g/mol. The average molecular weight is 400 g/mol. The van der Waals surface area contributed by atoms with E-state index in [-0.39, 0.29) is 12.3 Å². The number of ether oxygens (including phenoxy) is 1. The van der Waals surface area contributed by atoms with E-state index in [1.54, 1.807) is 25.1 Å². The molecule has 0 radical (unpaired) electrons. The first-order valence-corrected chi connectivity index (χ1v) is 8.99. The van der Waals surface area contributed by atoms with Gasteiger partial charge in [-0.25, -0.2) is 0 Å². The van der Waals surface area contributed by atoms with Gasteiger partial charge in [-0.1, -0.05) is 41.9 Å². The van der Waals surface area contributed by atoms with Gasteiger partial charge in [0, 0.05) is 21.5 Å². The predicted molar refractivity (Wildman–Crippen MR) is 106 cm³/mol. The Morgan fingerprint density at radius 3 is 2.54 bits per heavy atom. The quantitative estimate of drug-likeness (QED) is 0.348. The number of H-pyrrole nitrogens is 1. The van der Waals surface area contributed by atoms with Crippen LogP contribution >= 0.6 is 11.6 Å². The Hall–Kier alpha value is -3.32. The molecule has 2 amide bonds. The number of esters is 1. The van der Waals surface area contributed by atoms with Gasteiger partial charge >= 0.3 is 5.97 Å². The molecule has 0 spiro atoms. The van der Waals surface area contributed by atoms with Gasteiger partial charge in [0.2, 0.25) is 5.91 Å². The van der Waals surface area contributed by atoms with Crippen LogP contribution in [0.5, 0.6) is 0 Å². The van der Waals surface area contributed by atoms with Gasteiger partial charge in [0.1, 0.15) is 12.1 Å². The van der Waals surface area contributed by atoms with Crippen molar-refractivity contribution in [1.29, 1.82) is 0 Å². The molecule has 0 saturated heterocycles. The van der Waals surface area contributed by atoms with Gasteiger partial charge in [0.05, 0.1) is 6.61 Å². The van der Waals surface area contributed by atoms with Crippen LogP contribution in [0.2, 0.25) is 5.02 Å². The molecule has 1 heterocycles. The highest BCUT2D eigenvalue weighted by Crippen LogP contribution is 2.33. The number of halogens is 1. The molecular weight excluding hydrogens is 382 g/mol. The van der Waals surface area contributed by atoms with E-state index in [0.29, 0.717) is 10.6 Å². The lowest BCUT2D eigenvalue weighted by atomic mass is 10.0. The van der Waals surface area contributed by atoms with Crippen molar-refractivity contribution in [3.63, 3.8) is 0 Å². The highest BCUT2D eigenvalue weighted by molar-refractivity contribution is 6.31. The summed E-state index contributed by atoms with van der Waals surface area (Å²) in [6.45, 7) is 1.82. The third-order valence-electron chi connectivity index (χ3n) is 3.98. The summed E-state index contributed by atoms with van der Waals surface area (Å²) in [5, 5.41) is 1.32. The van der Waals surface area contributed by atoms with E-state index in [2.05, 4.69) is 15.8 Å². The summed E-state index contributed by atoms with van der Waals surface area (Å²) in [6.07, 6.45) is -0.484. The van der Waals surface area contributed by atoms with Crippen LogP contribution in [0.1, 0.15) is 23.8 Å². The molecule has 144 valence electrons. The summed E-state index contributed by atoms with van der Waals surface area (Å²) in [4.78, 5) is 38.9. The van der Waals surface area contributed by atoms with E-state index in [0.717, 1.165) is 16.5 Å². The number of hydrogen-bond acceptors (Lipinski definition) is 4. The molecule has 0 fully saturated rings. The van der Waals surface area contributed by atoms with Crippen molar-refractivity contribution in [2.45, 2.75) is 13.3 Å². The minimum Gasteiger partial charge on any atom is -0.466 e. The van der Waals surface area contributed by atoms with Crippen molar-refractivity contribution < 1.29 is 19.1 Å². The zero-order valence-corrected chi connectivity index (χ0v) is 15.8. The van der Waals surface area contributed by atoms with Crippen molar-refractivity contribution in [2.24, 2.45) is 0 Å². The fourth-order valence-electron chi connectivity index (χ4n) is 2.82. The Labute approximate surface area is 166 Å². The van der Waals surface area contributed by atoms with Crippen molar-refractivity contribution in [1.82, 2.24) is 15.8 Å². The van der Waals surface area contributed by atoms with Crippen molar-refractivity contribution >= 4 is 40.3 Å². The second-order valence-corrected chi connectivity index (χ2v) is 6.35. The van der Waals surface area contributed by atoms with Gasteiger partial charge in [-0.15, -0.1) is 0 Å². The van der Waals surface area contributed by atoms with Crippen LogP contribution < -0.4 is 10.9 Å². The van der Waals surface area contributed by atoms with Gasteiger partial charge in [-0.05, 0) is 30.7 Å². The molecule has 28 heavy (non-hydrogen) atoms. The summed E-state index contributed by atoms with van der Waals surface area (Å²) >= 11 is 6.13. The minimum atomic E-state index is -0.674. The highest BCUT2D eigenvalue weighted by atomic mass is 35.5. The number of rotatable bonds is 5. The summed E-state index contributed by atoms with van der Waals surface area (Å²) in [5.41, 5.74) is 7.01. The van der Waals surface area contributed by atoms with Crippen molar-refractivity contribution in [3.8, 4) is 11.1 Å². The fourth-order valence-corrected chi connectivity index (χ4v) is 2.99. The number of hydrazine groups is 1. The third kappa shape index (κ3) is 4.32. The van der Waals surface area contributed by atoms with Crippen molar-refractivity contribution in [3.05, 3.63) is 59.2 Å². The fraction of sp³-hybridized carbons (Fsp3) is 0.150. The lowest BCUT2D eigenvalue weighted by Gasteiger charge is -2.08. The van der Waals surface area contributed by atoms with E-state index in [1.165, 1.54) is 0 Å². The molecule has 0 saturated carbocycles. The first-order chi connectivity index (χ1) is 13.5. The number of benzene rings is 2. The van der Waals surface area contributed by atoms with E-state index >= 15 is 0 Å². The number of nitrogens with one attached hydrogen (secondary N) is 3. The maximum absolute atomic E-state index is 12.7. The van der Waals surface area contributed by atoms with E-state index < -0.39 is 24.2 Å². The standard InChI is InChI=1S/C20H18ClN3O4/c1-2-28-17(26)11-16(25)23-24-20(27)19-18(12-6-4-3-5-7-12)14-10-13(21)8-9-15(14)22-19/h3-10,22H,2,11H2,1H3,(H,23,25)(H,24,27). The minimum absolute atomic E-state index is 0.177. The molecule has 0 unspecified atom stereocenters. The lowest BCUT2D eigenvalue weighted by molar-refractivity contribution is -0.146. The molecule has 0 bridgehead atoms. The molecule has 3 aromatic rings. The molecule has 0 aliphatic rings. The number of aromatic nitrogens is 1. The summed E-state index contributed by atoms with van der Waals surface area (Å²) in [7, 11) is 0. The van der Waals surface area contributed by atoms with E-state index in [9.17, 15) is 14.4 Å². The van der Waals surface area contributed by atoms with Gasteiger partial charge in [-0.3, -0.25) is 25.2 Å². The molecular formula is C20H18ClN3O4. The second-order valence-electron chi connectivity index (χ2n) is 5.92. The second kappa shape index (κ2) is 8.58. The van der Waals surface area contributed by atoms with Gasteiger partial charge in [0.15, 0.2) is 0 Å². The Bertz CT molecular complexity index is 1030. The SMILES string of the molecule is CCOC(=O)CC(=O)NNC(=O)c1[nH]c2ccc(Cl)cc2c1-c1ccccc1. The summed E-state index contributed by atoms with van der Waals surface area (Å²) < 4.78 is 4.70. The zero-order chi connectivity index (χ0) is 20.1. The lowest BCUT2D eigenvalue weighted by Crippen LogP contribution is -2.42. The number of amides is 2. The Kier molecular flexibility index (Phi) is 5.96. The van der Waals surface area contributed by atoms with E-state index in [1.807, 2.05) is 30.3 Å². The van der Waals surface area contributed by atoms with Crippen molar-refractivity contribution in [2.75, 3.05) is 6.61 Å². The first-order valence-electron chi connectivity index (χ1n) is 8.61. The Morgan fingerprint density at radius 2 is 1.82 bits per heavy atom. The number of fused-ring (bicyclic) bond motifs is 1. The zero-order valence-electron chi connectivity index (χ0n) is 15.0. The van der Waals surface area contributed by atoms with E-state index in [4.69, 9.17) is 16.3 Å². The number of carbonyl (C=O) groups excluding carboxylic acids is 3. The maximum atomic E-state index is 12.7. The molecule has 0 atom stereocenters. The molecule has 3 rings (SSSR count). The molecule has 3 N–H and O–H groups in total.